The Hall–Kier alpha value is -2.07. The van der Waals surface area contributed by atoms with Crippen LogP contribution in [0.2, 0.25) is 0 Å². The van der Waals surface area contributed by atoms with E-state index in [1.807, 2.05) is 40.4 Å². The third kappa shape index (κ3) is 6.70. The second-order valence-corrected chi connectivity index (χ2v) is 8.42. The largest absolute Gasteiger partial charge is 0.363 e. The van der Waals surface area contributed by atoms with Crippen LogP contribution in [-0.2, 0) is 6.42 Å². The number of halogens is 1. The van der Waals surface area contributed by atoms with Gasteiger partial charge in [-0.15, -0.1) is 35.3 Å². The molecule has 1 fully saturated rings. The smallest absolute Gasteiger partial charge is 0.191 e. The first kappa shape index (κ1) is 23.6. The zero-order chi connectivity index (χ0) is 20.6. The highest BCUT2D eigenvalue weighted by atomic mass is 127. The standard InChI is InChI=1S/C23H30N6S.HI/c1-2-24-23(27-20-11-14-28(15-12-20)22-9-6-16-30-22)25-13-10-19-17-26-29(18-19)21-7-4-3-5-8-21;/h3-9,16-18,20H,2,10-15H2,1H3,(H2,24,25,27);1H. The lowest BCUT2D eigenvalue weighted by Gasteiger charge is -2.33. The first-order valence-electron chi connectivity index (χ1n) is 10.7. The number of aromatic nitrogens is 2. The summed E-state index contributed by atoms with van der Waals surface area (Å²) in [5, 5.41) is 15.0. The van der Waals surface area contributed by atoms with Gasteiger partial charge in [-0.25, -0.2) is 4.68 Å². The van der Waals surface area contributed by atoms with Gasteiger partial charge in [0.25, 0.3) is 0 Å². The van der Waals surface area contributed by atoms with Crippen molar-refractivity contribution in [2.24, 2.45) is 4.99 Å². The summed E-state index contributed by atoms with van der Waals surface area (Å²) in [6, 6.07) is 15.0. The maximum Gasteiger partial charge on any atom is 0.191 e. The summed E-state index contributed by atoms with van der Waals surface area (Å²) in [7, 11) is 0. The average molecular weight is 551 g/mol. The lowest BCUT2D eigenvalue weighted by Crippen LogP contribution is -2.48. The summed E-state index contributed by atoms with van der Waals surface area (Å²) in [4.78, 5) is 7.28. The fraction of sp³-hybridized carbons (Fsp3) is 0.391. The molecule has 6 nitrogen and oxygen atoms in total. The molecule has 0 aliphatic carbocycles. The third-order valence-electron chi connectivity index (χ3n) is 5.33. The molecule has 1 aliphatic heterocycles. The van der Waals surface area contributed by atoms with Crippen LogP contribution >= 0.6 is 35.3 Å². The zero-order valence-corrected chi connectivity index (χ0v) is 21.1. The van der Waals surface area contributed by atoms with Crippen LogP contribution in [-0.4, -0.2) is 48.0 Å². The molecule has 0 bridgehead atoms. The molecule has 166 valence electrons. The van der Waals surface area contributed by atoms with Crippen LogP contribution in [0.4, 0.5) is 5.00 Å². The molecule has 8 heteroatoms. The maximum atomic E-state index is 4.80. The molecular formula is C23H31IN6S. The van der Waals surface area contributed by atoms with Crippen molar-refractivity contribution < 1.29 is 0 Å². The van der Waals surface area contributed by atoms with E-state index in [0.29, 0.717) is 6.04 Å². The van der Waals surface area contributed by atoms with Gasteiger partial charge in [-0.05, 0) is 61.4 Å². The number of para-hydroxylation sites is 1. The van der Waals surface area contributed by atoms with E-state index in [0.717, 1.165) is 57.1 Å². The van der Waals surface area contributed by atoms with Crippen LogP contribution in [0.5, 0.6) is 0 Å². The molecule has 1 saturated heterocycles. The van der Waals surface area contributed by atoms with Crippen LogP contribution < -0.4 is 15.5 Å². The van der Waals surface area contributed by atoms with E-state index in [2.05, 4.69) is 63.4 Å². The molecule has 0 atom stereocenters. The van der Waals surface area contributed by atoms with Gasteiger partial charge in [0.2, 0.25) is 0 Å². The lowest BCUT2D eigenvalue weighted by atomic mass is 10.1. The van der Waals surface area contributed by atoms with E-state index in [9.17, 15) is 0 Å². The summed E-state index contributed by atoms with van der Waals surface area (Å²) >= 11 is 1.82. The Morgan fingerprint density at radius 1 is 1.16 bits per heavy atom. The van der Waals surface area contributed by atoms with Crippen molar-refractivity contribution in [1.82, 2.24) is 20.4 Å². The second-order valence-electron chi connectivity index (χ2n) is 7.50. The number of rotatable bonds is 7. The number of aliphatic imine (C=N–C) groups is 1. The molecule has 2 N–H and O–H groups in total. The minimum Gasteiger partial charge on any atom is -0.363 e. The Labute approximate surface area is 205 Å². The molecule has 0 amide bonds. The minimum atomic E-state index is 0. The Morgan fingerprint density at radius 3 is 2.68 bits per heavy atom. The molecule has 1 aromatic carbocycles. The third-order valence-corrected chi connectivity index (χ3v) is 6.25. The van der Waals surface area contributed by atoms with Gasteiger partial charge >= 0.3 is 0 Å². The zero-order valence-electron chi connectivity index (χ0n) is 17.9. The molecule has 0 saturated carbocycles. The highest BCUT2D eigenvalue weighted by Gasteiger charge is 2.20. The van der Waals surface area contributed by atoms with Gasteiger partial charge in [0, 0.05) is 38.4 Å². The van der Waals surface area contributed by atoms with Crippen molar-refractivity contribution in [2.45, 2.75) is 32.2 Å². The van der Waals surface area contributed by atoms with Crippen LogP contribution in [0, 0.1) is 0 Å². The molecular weight excluding hydrogens is 519 g/mol. The predicted molar refractivity (Wildman–Crippen MR) is 141 cm³/mol. The van der Waals surface area contributed by atoms with Crippen molar-refractivity contribution in [3.63, 3.8) is 0 Å². The fourth-order valence-corrected chi connectivity index (χ4v) is 4.50. The van der Waals surface area contributed by atoms with E-state index in [1.54, 1.807) is 0 Å². The molecule has 31 heavy (non-hydrogen) atoms. The summed E-state index contributed by atoms with van der Waals surface area (Å²) in [6.45, 7) is 5.91. The van der Waals surface area contributed by atoms with E-state index >= 15 is 0 Å². The van der Waals surface area contributed by atoms with Gasteiger partial charge < -0.3 is 15.5 Å². The van der Waals surface area contributed by atoms with Crippen molar-refractivity contribution in [3.8, 4) is 5.69 Å². The van der Waals surface area contributed by atoms with Gasteiger partial charge in [-0.3, -0.25) is 4.99 Å². The number of anilines is 1. The number of hydrogen-bond donors (Lipinski definition) is 2. The highest BCUT2D eigenvalue weighted by molar-refractivity contribution is 14.0. The van der Waals surface area contributed by atoms with Crippen molar-refractivity contribution in [3.05, 3.63) is 65.8 Å². The Balaban J connectivity index is 0.00000272. The van der Waals surface area contributed by atoms with E-state index in [1.165, 1.54) is 10.6 Å². The van der Waals surface area contributed by atoms with Crippen molar-refractivity contribution >= 4 is 46.3 Å². The molecule has 2 aromatic heterocycles. The van der Waals surface area contributed by atoms with Crippen LogP contribution in [0.25, 0.3) is 5.69 Å². The van der Waals surface area contributed by atoms with Gasteiger partial charge in [-0.1, -0.05) is 18.2 Å². The van der Waals surface area contributed by atoms with E-state index in [-0.39, 0.29) is 24.0 Å². The summed E-state index contributed by atoms with van der Waals surface area (Å²) in [5.74, 6) is 0.919. The lowest BCUT2D eigenvalue weighted by molar-refractivity contribution is 0.463. The quantitative estimate of drug-likeness (QED) is 0.262. The predicted octanol–water partition coefficient (Wildman–Crippen LogP) is 4.32. The Kier molecular flexibility index (Phi) is 9.20. The van der Waals surface area contributed by atoms with E-state index < -0.39 is 0 Å². The maximum absolute atomic E-state index is 4.80. The number of thiophene rings is 1. The molecule has 3 heterocycles. The van der Waals surface area contributed by atoms with Gasteiger partial charge in [0.1, 0.15) is 0 Å². The van der Waals surface area contributed by atoms with Gasteiger partial charge in [-0.2, -0.15) is 5.10 Å². The fourth-order valence-electron chi connectivity index (χ4n) is 3.72. The van der Waals surface area contributed by atoms with Crippen molar-refractivity contribution in [2.75, 3.05) is 31.1 Å². The first-order valence-corrected chi connectivity index (χ1v) is 11.6. The summed E-state index contributed by atoms with van der Waals surface area (Å²) in [6.07, 6.45) is 7.16. The number of hydrogen-bond acceptors (Lipinski definition) is 4. The summed E-state index contributed by atoms with van der Waals surface area (Å²) < 4.78 is 1.92. The molecule has 0 unspecified atom stereocenters. The molecule has 4 rings (SSSR count). The van der Waals surface area contributed by atoms with E-state index in [4.69, 9.17) is 4.99 Å². The number of benzene rings is 1. The summed E-state index contributed by atoms with van der Waals surface area (Å²) in [5.41, 5.74) is 2.28. The SMILES string of the molecule is CCNC(=NCCc1cnn(-c2ccccc2)c1)NC1CCN(c2cccs2)CC1.I. The Bertz CT molecular complexity index is 917. The second kappa shape index (κ2) is 12.1. The number of guanidine groups is 1. The topological polar surface area (TPSA) is 57.5 Å². The van der Waals surface area contributed by atoms with Gasteiger partial charge in [0.15, 0.2) is 5.96 Å². The molecule has 0 spiro atoms. The molecule has 3 aromatic rings. The number of nitrogens with one attached hydrogen (secondary N) is 2. The minimum absolute atomic E-state index is 0. The number of nitrogens with zero attached hydrogens (tertiary/aromatic N) is 4. The first-order chi connectivity index (χ1) is 14.8. The van der Waals surface area contributed by atoms with Crippen LogP contribution in [0.3, 0.4) is 0 Å². The molecule has 1 aliphatic rings. The van der Waals surface area contributed by atoms with Gasteiger partial charge in [0.05, 0.1) is 16.9 Å². The Morgan fingerprint density at radius 2 is 1.97 bits per heavy atom. The van der Waals surface area contributed by atoms with Crippen molar-refractivity contribution in [1.29, 1.82) is 0 Å². The number of piperidine rings is 1. The molecule has 0 radical (unpaired) electrons. The highest BCUT2D eigenvalue weighted by Crippen LogP contribution is 2.24. The normalized spacial score (nSPS) is 14.9. The van der Waals surface area contributed by atoms with Crippen LogP contribution in [0.15, 0.2) is 65.2 Å². The average Bonchev–Trinajstić information content (AvgIpc) is 3.48. The van der Waals surface area contributed by atoms with Crippen LogP contribution in [0.1, 0.15) is 25.3 Å². The monoisotopic (exact) mass is 550 g/mol.